The number of Topliss-reactive ketones (excluding diaryl/α,β-unsaturated/α-hetero) is 1. The molecule has 0 radical (unpaired) electrons. The van der Waals surface area contributed by atoms with Gasteiger partial charge in [0.1, 0.15) is 11.7 Å². The Morgan fingerprint density at radius 3 is 2.08 bits per heavy atom. The van der Waals surface area contributed by atoms with E-state index in [9.17, 15) is 14.4 Å². The summed E-state index contributed by atoms with van der Waals surface area (Å²) in [6.45, 7) is 1.14. The molecule has 26 heavy (non-hydrogen) atoms. The molecule has 2 unspecified atom stereocenters. The highest BCUT2D eigenvalue weighted by Crippen LogP contribution is 2.19. The van der Waals surface area contributed by atoms with E-state index in [0.29, 0.717) is 11.1 Å². The molecule has 0 heterocycles. The summed E-state index contributed by atoms with van der Waals surface area (Å²) in [6.07, 6.45) is -0.921. The van der Waals surface area contributed by atoms with Gasteiger partial charge in [0.15, 0.2) is 0 Å². The van der Waals surface area contributed by atoms with Crippen LogP contribution in [0.3, 0.4) is 0 Å². The Hall–Kier alpha value is -2.99. The molecular weight excluding hydrogens is 334 g/mol. The fourth-order valence-corrected chi connectivity index (χ4v) is 2.33. The van der Waals surface area contributed by atoms with Gasteiger partial charge >= 0.3 is 5.97 Å². The number of ketones is 1. The van der Waals surface area contributed by atoms with Gasteiger partial charge in [-0.25, -0.2) is 0 Å². The summed E-state index contributed by atoms with van der Waals surface area (Å²) in [4.78, 5) is 36.3. The molecule has 0 spiro atoms. The summed E-state index contributed by atoms with van der Waals surface area (Å²) in [5.41, 5.74) is 1.10. The molecule has 1 amide bonds. The second kappa shape index (κ2) is 9.48. The van der Waals surface area contributed by atoms with Gasteiger partial charge in [-0.3, -0.25) is 14.4 Å². The molecule has 2 rings (SSSR count). The SMILES string of the molecule is COC(OC(=O)C(CNC(=O)c1ccccc1)C(C)=O)c1ccccc1. The van der Waals surface area contributed by atoms with E-state index < -0.39 is 24.0 Å². The normalized spacial score (nSPS) is 12.7. The van der Waals surface area contributed by atoms with Gasteiger partial charge in [0, 0.05) is 24.8 Å². The predicted octanol–water partition coefficient (Wildman–Crippen LogP) is 2.51. The summed E-state index contributed by atoms with van der Waals surface area (Å²) < 4.78 is 10.5. The van der Waals surface area contributed by atoms with Gasteiger partial charge in [0.25, 0.3) is 5.91 Å². The molecule has 6 nitrogen and oxygen atoms in total. The van der Waals surface area contributed by atoms with Crippen LogP contribution in [0.2, 0.25) is 0 Å². The van der Waals surface area contributed by atoms with Crippen molar-refractivity contribution in [1.29, 1.82) is 0 Å². The van der Waals surface area contributed by atoms with Crippen LogP contribution in [0.1, 0.15) is 29.1 Å². The monoisotopic (exact) mass is 355 g/mol. The first-order valence-electron chi connectivity index (χ1n) is 8.15. The molecule has 0 fully saturated rings. The molecule has 136 valence electrons. The third-order valence-corrected chi connectivity index (χ3v) is 3.79. The van der Waals surface area contributed by atoms with Crippen LogP contribution in [0.4, 0.5) is 0 Å². The van der Waals surface area contributed by atoms with Crippen LogP contribution in [-0.2, 0) is 19.1 Å². The first-order chi connectivity index (χ1) is 12.5. The number of hydrogen-bond acceptors (Lipinski definition) is 5. The van der Waals surface area contributed by atoms with Gasteiger partial charge in [-0.05, 0) is 19.1 Å². The summed E-state index contributed by atoms with van der Waals surface area (Å²) >= 11 is 0. The molecule has 2 atom stereocenters. The van der Waals surface area contributed by atoms with E-state index in [4.69, 9.17) is 9.47 Å². The van der Waals surface area contributed by atoms with Crippen LogP contribution in [0, 0.1) is 5.92 Å². The molecule has 0 aliphatic carbocycles. The average molecular weight is 355 g/mol. The largest absolute Gasteiger partial charge is 0.431 e. The van der Waals surface area contributed by atoms with E-state index in [2.05, 4.69) is 5.32 Å². The Morgan fingerprint density at radius 1 is 0.962 bits per heavy atom. The zero-order valence-corrected chi connectivity index (χ0v) is 14.7. The minimum absolute atomic E-state index is 0.146. The Balaban J connectivity index is 2.00. The number of benzene rings is 2. The zero-order valence-electron chi connectivity index (χ0n) is 14.7. The van der Waals surface area contributed by atoms with Gasteiger partial charge in [-0.2, -0.15) is 0 Å². The molecule has 0 aliphatic rings. The quantitative estimate of drug-likeness (QED) is 0.447. The van der Waals surface area contributed by atoms with Gasteiger partial charge in [-0.15, -0.1) is 0 Å². The molecule has 6 heteroatoms. The molecule has 0 bridgehead atoms. The fraction of sp³-hybridized carbons (Fsp3) is 0.250. The standard InChI is InChI=1S/C20H21NO5/c1-14(22)17(13-21-18(23)15-9-5-3-6-10-15)19(24)26-20(25-2)16-11-7-4-8-12-16/h3-12,17,20H,13H2,1-2H3,(H,21,23). The molecule has 0 aromatic heterocycles. The minimum Gasteiger partial charge on any atom is -0.431 e. The minimum atomic E-state index is -1.11. The summed E-state index contributed by atoms with van der Waals surface area (Å²) in [7, 11) is 1.41. The molecule has 2 aromatic carbocycles. The topological polar surface area (TPSA) is 81.7 Å². The highest BCUT2D eigenvalue weighted by Gasteiger charge is 2.28. The number of hydrogen-bond donors (Lipinski definition) is 1. The lowest BCUT2D eigenvalue weighted by molar-refractivity contribution is -0.180. The van der Waals surface area contributed by atoms with Crippen molar-refractivity contribution >= 4 is 17.7 Å². The maximum Gasteiger partial charge on any atom is 0.320 e. The Morgan fingerprint density at radius 2 is 1.54 bits per heavy atom. The lowest BCUT2D eigenvalue weighted by Gasteiger charge is -2.20. The Bertz CT molecular complexity index is 745. The van der Waals surface area contributed by atoms with Gasteiger partial charge in [0.2, 0.25) is 6.29 Å². The molecule has 0 saturated carbocycles. The number of methoxy groups -OCH3 is 1. The second-order valence-electron chi connectivity index (χ2n) is 5.65. The first-order valence-corrected chi connectivity index (χ1v) is 8.15. The number of carbonyl (C=O) groups excluding carboxylic acids is 3. The highest BCUT2D eigenvalue weighted by molar-refractivity contribution is 5.99. The second-order valence-corrected chi connectivity index (χ2v) is 5.65. The molecule has 0 saturated heterocycles. The van der Waals surface area contributed by atoms with Crippen LogP contribution < -0.4 is 5.32 Å². The molecule has 1 N–H and O–H groups in total. The van der Waals surface area contributed by atoms with Crippen molar-refractivity contribution in [3.05, 3.63) is 71.8 Å². The van der Waals surface area contributed by atoms with Crippen LogP contribution in [0.25, 0.3) is 0 Å². The van der Waals surface area contributed by atoms with Crippen LogP contribution >= 0.6 is 0 Å². The van der Waals surface area contributed by atoms with E-state index >= 15 is 0 Å². The Kier molecular flexibility index (Phi) is 7.05. The third kappa shape index (κ3) is 5.26. The lowest BCUT2D eigenvalue weighted by Crippen LogP contribution is -2.38. The first kappa shape index (κ1) is 19.3. The number of amides is 1. The molecular formula is C20H21NO5. The van der Waals surface area contributed by atoms with Gasteiger partial charge < -0.3 is 14.8 Å². The molecule has 2 aromatic rings. The van der Waals surface area contributed by atoms with E-state index in [-0.39, 0.29) is 12.5 Å². The lowest BCUT2D eigenvalue weighted by atomic mass is 10.1. The van der Waals surface area contributed by atoms with Crippen molar-refractivity contribution in [1.82, 2.24) is 5.32 Å². The predicted molar refractivity (Wildman–Crippen MR) is 95.2 cm³/mol. The van der Waals surface area contributed by atoms with Crippen molar-refractivity contribution in [3.8, 4) is 0 Å². The summed E-state index contributed by atoms with van der Waals surface area (Å²) in [5, 5.41) is 2.59. The van der Waals surface area contributed by atoms with E-state index in [1.54, 1.807) is 54.6 Å². The van der Waals surface area contributed by atoms with E-state index in [0.717, 1.165) is 0 Å². The number of nitrogens with one attached hydrogen (secondary N) is 1. The van der Waals surface area contributed by atoms with Crippen molar-refractivity contribution in [2.75, 3.05) is 13.7 Å². The number of ether oxygens (including phenoxy) is 2. The zero-order chi connectivity index (χ0) is 18.9. The van der Waals surface area contributed by atoms with E-state index in [1.165, 1.54) is 14.0 Å². The maximum absolute atomic E-state index is 12.4. The maximum atomic E-state index is 12.4. The number of rotatable bonds is 8. The van der Waals surface area contributed by atoms with Crippen molar-refractivity contribution < 1.29 is 23.9 Å². The van der Waals surface area contributed by atoms with Crippen molar-refractivity contribution in [2.45, 2.75) is 13.2 Å². The average Bonchev–Trinajstić information content (AvgIpc) is 2.67. The van der Waals surface area contributed by atoms with Crippen molar-refractivity contribution in [2.24, 2.45) is 5.92 Å². The van der Waals surface area contributed by atoms with Gasteiger partial charge in [0.05, 0.1) is 0 Å². The van der Waals surface area contributed by atoms with E-state index in [1.807, 2.05) is 6.07 Å². The van der Waals surface area contributed by atoms with Crippen molar-refractivity contribution in [3.63, 3.8) is 0 Å². The number of esters is 1. The van der Waals surface area contributed by atoms with Gasteiger partial charge in [-0.1, -0.05) is 48.5 Å². The van der Waals surface area contributed by atoms with Crippen LogP contribution in [0.15, 0.2) is 60.7 Å². The summed E-state index contributed by atoms with van der Waals surface area (Å²) in [5.74, 6) is -2.62. The smallest absolute Gasteiger partial charge is 0.320 e. The number of carbonyl (C=O) groups is 3. The Labute approximate surface area is 152 Å². The molecule has 0 aliphatic heterocycles. The fourth-order valence-electron chi connectivity index (χ4n) is 2.33. The van der Waals surface area contributed by atoms with Crippen LogP contribution in [-0.4, -0.2) is 31.3 Å². The van der Waals surface area contributed by atoms with Crippen LogP contribution in [0.5, 0.6) is 0 Å². The highest BCUT2D eigenvalue weighted by atomic mass is 16.7. The summed E-state index contributed by atoms with van der Waals surface area (Å²) in [6, 6.07) is 17.5. The third-order valence-electron chi connectivity index (χ3n) is 3.79.